The van der Waals surface area contributed by atoms with Crippen LogP contribution in [0.1, 0.15) is 16.1 Å². The number of nitrogens with zero attached hydrogens (tertiary/aromatic N) is 1. The van der Waals surface area contributed by atoms with Crippen LogP contribution in [-0.4, -0.2) is 30.3 Å². The van der Waals surface area contributed by atoms with Gasteiger partial charge < -0.3 is 10.1 Å². The number of thioether (sulfide) groups is 1. The summed E-state index contributed by atoms with van der Waals surface area (Å²) in [4.78, 5) is 18.0. The lowest BCUT2D eigenvalue weighted by atomic mass is 10.1. The number of aromatic nitrogens is 1. The highest BCUT2D eigenvalue weighted by Gasteiger charge is 2.10. The highest BCUT2D eigenvalue weighted by atomic mass is 32.2. The highest BCUT2D eigenvalue weighted by molar-refractivity contribution is 7.99. The van der Waals surface area contributed by atoms with Crippen LogP contribution in [0.2, 0.25) is 0 Å². The number of nitrogens with one attached hydrogen (secondary N) is 1. The third-order valence-electron chi connectivity index (χ3n) is 4.27. The average Bonchev–Trinajstić information content (AvgIpc) is 3.10. The number of aryl methyl sites for hydroxylation is 1. The van der Waals surface area contributed by atoms with Crippen molar-refractivity contribution in [2.75, 3.05) is 19.4 Å². The maximum Gasteiger partial charge on any atom is 0.230 e. The van der Waals surface area contributed by atoms with Gasteiger partial charge in [-0.05, 0) is 31.0 Å². The Kier molecular flexibility index (Phi) is 7.51. The van der Waals surface area contributed by atoms with Crippen LogP contribution in [0, 0.1) is 6.92 Å². The second kappa shape index (κ2) is 10.3. The number of carbonyl (C=O) groups excluding carboxylic acids is 1. The minimum atomic E-state index is 0.0731. The van der Waals surface area contributed by atoms with E-state index in [0.717, 1.165) is 34.2 Å². The highest BCUT2D eigenvalue weighted by Crippen LogP contribution is 2.30. The molecule has 0 saturated heterocycles. The summed E-state index contributed by atoms with van der Waals surface area (Å²) in [5.74, 6) is 2.19. The monoisotopic (exact) mass is 412 g/mol. The Morgan fingerprint density at radius 2 is 1.89 bits per heavy atom. The fourth-order valence-corrected chi connectivity index (χ4v) is 4.82. The van der Waals surface area contributed by atoms with Gasteiger partial charge in [-0.1, -0.05) is 42.5 Å². The van der Waals surface area contributed by atoms with Crippen LogP contribution in [0.4, 0.5) is 0 Å². The van der Waals surface area contributed by atoms with Gasteiger partial charge in [0.1, 0.15) is 10.8 Å². The standard InChI is InChI=1S/C22H24N2O2S2/c1-16-20(28-22(24-16)18-6-4-3-5-7-18)14-27-15-21(25)23-13-12-17-8-10-19(26-2)11-9-17/h3-11H,12-15H2,1-2H3,(H,23,25). The minimum absolute atomic E-state index is 0.0731. The lowest BCUT2D eigenvalue weighted by Crippen LogP contribution is -2.27. The largest absolute Gasteiger partial charge is 0.497 e. The van der Waals surface area contributed by atoms with Crippen molar-refractivity contribution in [3.63, 3.8) is 0 Å². The first-order valence-corrected chi connectivity index (χ1v) is 11.1. The number of hydrogen-bond acceptors (Lipinski definition) is 5. The van der Waals surface area contributed by atoms with Crippen LogP contribution in [0.25, 0.3) is 10.6 Å². The van der Waals surface area contributed by atoms with Crippen LogP contribution in [0.3, 0.4) is 0 Å². The van der Waals surface area contributed by atoms with Gasteiger partial charge in [0.25, 0.3) is 0 Å². The van der Waals surface area contributed by atoms with Gasteiger partial charge in [-0.2, -0.15) is 0 Å². The molecule has 6 heteroatoms. The molecule has 28 heavy (non-hydrogen) atoms. The predicted molar refractivity (Wildman–Crippen MR) is 118 cm³/mol. The summed E-state index contributed by atoms with van der Waals surface area (Å²) in [6.07, 6.45) is 0.814. The molecule has 3 rings (SSSR count). The molecule has 0 spiro atoms. The van der Waals surface area contributed by atoms with Crippen LogP contribution < -0.4 is 10.1 Å². The maximum absolute atomic E-state index is 12.1. The van der Waals surface area contributed by atoms with E-state index in [9.17, 15) is 4.79 Å². The molecule has 0 aliphatic rings. The number of ether oxygens (including phenoxy) is 1. The van der Waals surface area contributed by atoms with Gasteiger partial charge in [0.2, 0.25) is 5.91 Å². The average molecular weight is 413 g/mol. The van der Waals surface area contributed by atoms with E-state index in [0.29, 0.717) is 12.3 Å². The Morgan fingerprint density at radius 1 is 1.14 bits per heavy atom. The molecule has 3 aromatic rings. The molecule has 0 aliphatic carbocycles. The van der Waals surface area contributed by atoms with Crippen molar-refractivity contribution in [3.8, 4) is 16.3 Å². The van der Waals surface area contributed by atoms with Gasteiger partial charge in [0.05, 0.1) is 18.6 Å². The third kappa shape index (κ3) is 5.84. The van der Waals surface area contributed by atoms with Crippen LogP contribution in [0.15, 0.2) is 54.6 Å². The maximum atomic E-state index is 12.1. The zero-order valence-corrected chi connectivity index (χ0v) is 17.7. The van der Waals surface area contributed by atoms with E-state index < -0.39 is 0 Å². The quantitative estimate of drug-likeness (QED) is 0.553. The SMILES string of the molecule is COc1ccc(CCNC(=O)CSCc2sc(-c3ccccc3)nc2C)cc1. The number of amides is 1. The molecular weight excluding hydrogens is 388 g/mol. The van der Waals surface area contributed by atoms with Crippen LogP contribution >= 0.6 is 23.1 Å². The molecule has 1 heterocycles. The Hall–Kier alpha value is -2.31. The summed E-state index contributed by atoms with van der Waals surface area (Å²) in [7, 11) is 1.66. The molecule has 0 bridgehead atoms. The number of carbonyl (C=O) groups is 1. The van der Waals surface area contributed by atoms with E-state index in [1.54, 1.807) is 30.2 Å². The van der Waals surface area contributed by atoms with E-state index in [1.807, 2.05) is 49.4 Å². The van der Waals surface area contributed by atoms with Crippen LogP contribution in [-0.2, 0) is 17.0 Å². The second-order valence-electron chi connectivity index (χ2n) is 6.33. The normalized spacial score (nSPS) is 10.6. The fraction of sp³-hybridized carbons (Fsp3) is 0.273. The molecule has 4 nitrogen and oxygen atoms in total. The molecule has 1 amide bonds. The third-order valence-corrected chi connectivity index (χ3v) is 6.62. The topological polar surface area (TPSA) is 51.2 Å². The summed E-state index contributed by atoms with van der Waals surface area (Å²) >= 11 is 3.34. The van der Waals surface area contributed by atoms with Crippen molar-refractivity contribution in [3.05, 3.63) is 70.7 Å². The summed E-state index contributed by atoms with van der Waals surface area (Å²) in [6, 6.07) is 18.1. The molecule has 1 aromatic heterocycles. The van der Waals surface area contributed by atoms with Crippen molar-refractivity contribution in [1.29, 1.82) is 0 Å². The fourth-order valence-electron chi connectivity index (χ4n) is 2.69. The summed E-state index contributed by atoms with van der Waals surface area (Å²) < 4.78 is 5.15. The number of benzene rings is 2. The molecule has 0 aliphatic heterocycles. The summed E-state index contributed by atoms with van der Waals surface area (Å²) in [5.41, 5.74) is 3.38. The van der Waals surface area contributed by atoms with E-state index >= 15 is 0 Å². The first kappa shape index (κ1) is 20.4. The van der Waals surface area contributed by atoms with E-state index in [4.69, 9.17) is 4.74 Å². The lowest BCUT2D eigenvalue weighted by molar-refractivity contribution is -0.118. The molecule has 146 valence electrons. The second-order valence-corrected chi connectivity index (χ2v) is 8.40. The molecule has 1 N–H and O–H groups in total. The van der Waals surface area contributed by atoms with Gasteiger partial charge in [0, 0.05) is 22.7 Å². The summed E-state index contributed by atoms with van der Waals surface area (Å²) in [6.45, 7) is 2.68. The number of methoxy groups -OCH3 is 1. The number of thiazole rings is 1. The van der Waals surface area contributed by atoms with Gasteiger partial charge in [-0.15, -0.1) is 23.1 Å². The molecule has 0 fully saturated rings. The molecule has 0 atom stereocenters. The minimum Gasteiger partial charge on any atom is -0.497 e. The molecule has 0 unspecified atom stereocenters. The Morgan fingerprint density at radius 3 is 2.61 bits per heavy atom. The molecule has 2 aromatic carbocycles. The van der Waals surface area contributed by atoms with Crippen molar-refractivity contribution < 1.29 is 9.53 Å². The molecule has 0 saturated carbocycles. The predicted octanol–water partition coefficient (Wildman–Crippen LogP) is 4.72. The Bertz CT molecular complexity index is 893. The van der Waals surface area contributed by atoms with Crippen molar-refractivity contribution in [2.45, 2.75) is 19.1 Å². The number of rotatable bonds is 9. The van der Waals surface area contributed by atoms with Crippen molar-refractivity contribution >= 4 is 29.0 Å². The zero-order valence-electron chi connectivity index (χ0n) is 16.1. The van der Waals surface area contributed by atoms with Gasteiger partial charge in [-0.3, -0.25) is 4.79 Å². The van der Waals surface area contributed by atoms with Gasteiger partial charge in [-0.25, -0.2) is 4.98 Å². The first-order valence-electron chi connectivity index (χ1n) is 9.15. The first-order chi connectivity index (χ1) is 13.7. The van der Waals surface area contributed by atoms with E-state index in [1.165, 1.54) is 10.4 Å². The Balaban J connectivity index is 1.40. The van der Waals surface area contributed by atoms with Crippen molar-refractivity contribution in [2.24, 2.45) is 0 Å². The van der Waals surface area contributed by atoms with Crippen LogP contribution in [0.5, 0.6) is 5.75 Å². The molecular formula is C22H24N2O2S2. The Labute approximate surface area is 174 Å². The summed E-state index contributed by atoms with van der Waals surface area (Å²) in [5, 5.41) is 4.03. The lowest BCUT2D eigenvalue weighted by Gasteiger charge is -2.06. The number of hydrogen-bond donors (Lipinski definition) is 1. The smallest absolute Gasteiger partial charge is 0.230 e. The van der Waals surface area contributed by atoms with Gasteiger partial charge in [0.15, 0.2) is 0 Å². The van der Waals surface area contributed by atoms with Crippen molar-refractivity contribution in [1.82, 2.24) is 10.3 Å². The molecule has 0 radical (unpaired) electrons. The zero-order chi connectivity index (χ0) is 19.8. The van der Waals surface area contributed by atoms with Gasteiger partial charge >= 0.3 is 0 Å². The van der Waals surface area contributed by atoms with E-state index in [2.05, 4.69) is 22.4 Å². The van der Waals surface area contributed by atoms with E-state index in [-0.39, 0.29) is 5.91 Å².